The number of aromatic carboxylic acids is 1. The van der Waals surface area contributed by atoms with Gasteiger partial charge in [0.15, 0.2) is 0 Å². The van der Waals surface area contributed by atoms with Gasteiger partial charge in [-0.1, -0.05) is 97.1 Å². The molecule has 4 N–H and O–H groups in total. The van der Waals surface area contributed by atoms with Gasteiger partial charge in [0.1, 0.15) is 16.4 Å². The van der Waals surface area contributed by atoms with E-state index in [2.05, 4.69) is 75.4 Å². The molecule has 0 spiro atoms. The van der Waals surface area contributed by atoms with Crippen molar-refractivity contribution in [1.29, 1.82) is 0 Å². The highest BCUT2D eigenvalue weighted by molar-refractivity contribution is 7.09. The third-order valence-electron chi connectivity index (χ3n) is 6.87. The summed E-state index contributed by atoms with van der Waals surface area (Å²) in [6.45, 7) is 13.3. The number of aromatic nitrogens is 1. The zero-order chi connectivity index (χ0) is 31.5. The van der Waals surface area contributed by atoms with E-state index in [1.165, 1.54) is 99.0 Å². The van der Waals surface area contributed by atoms with Gasteiger partial charge >= 0.3 is 11.8 Å². The van der Waals surface area contributed by atoms with Crippen LogP contribution in [0.25, 0.3) is 0 Å². The Morgan fingerprint density at radius 2 is 1.69 bits per heavy atom. The Morgan fingerprint density at radius 1 is 1.02 bits per heavy atom. The monoisotopic (exact) mass is 602 g/mol. The summed E-state index contributed by atoms with van der Waals surface area (Å²) in [5.41, 5.74) is 4.10. The van der Waals surface area contributed by atoms with Crippen LogP contribution in [0.15, 0.2) is 53.9 Å². The molecule has 2 aromatic carbocycles. The second-order valence-corrected chi connectivity index (χ2v) is 11.8. The third-order valence-corrected chi connectivity index (χ3v) is 7.63. The van der Waals surface area contributed by atoms with Crippen molar-refractivity contribution < 1.29 is 25.1 Å². The van der Waals surface area contributed by atoms with Crippen molar-refractivity contribution in [3.8, 4) is 5.75 Å². The summed E-state index contributed by atoms with van der Waals surface area (Å²) in [7, 11) is 1.35. The number of carboxylic acids is 1. The van der Waals surface area contributed by atoms with Crippen LogP contribution >= 0.6 is 11.3 Å². The molecule has 8 nitrogen and oxygen atoms in total. The second-order valence-electron chi connectivity index (χ2n) is 10.7. The number of nitrogens with zero attached hydrogens (tertiary/aromatic N) is 2. The summed E-state index contributed by atoms with van der Waals surface area (Å²) in [6, 6.07) is 14.6. The molecule has 0 saturated heterocycles. The SMILES string of the molecule is CCCCC(C)CC(C)CC.CCCCc1ccccc1.COc1cc(C(=O)O)ccc1N[N+](O)(O)c1csc(C)n1. The summed E-state index contributed by atoms with van der Waals surface area (Å²) in [5, 5.41) is 31.1. The van der Waals surface area contributed by atoms with Crippen LogP contribution in [0.4, 0.5) is 11.5 Å². The molecule has 9 heteroatoms. The summed E-state index contributed by atoms with van der Waals surface area (Å²) < 4.78 is 5.05. The number of carbonyl (C=O) groups is 1. The predicted molar refractivity (Wildman–Crippen MR) is 174 cm³/mol. The van der Waals surface area contributed by atoms with Crippen LogP contribution in [-0.2, 0) is 6.42 Å². The molecule has 1 aromatic heterocycles. The Morgan fingerprint density at radius 3 is 2.21 bits per heavy atom. The highest BCUT2D eigenvalue weighted by atomic mass is 32.1. The molecule has 0 aliphatic rings. The number of methoxy groups -OCH3 is 1. The molecule has 2 atom stereocenters. The maximum atomic E-state index is 10.9. The summed E-state index contributed by atoms with van der Waals surface area (Å²) in [5.74, 6) is 0.921. The molecule has 0 aliphatic heterocycles. The summed E-state index contributed by atoms with van der Waals surface area (Å²) in [6.07, 6.45) is 10.8. The quantitative estimate of drug-likeness (QED) is 0.107. The molecule has 2 unspecified atom stereocenters. The number of unbranched alkanes of at least 4 members (excludes halogenated alkanes) is 2. The van der Waals surface area contributed by atoms with Crippen LogP contribution in [0, 0.1) is 18.8 Å². The van der Waals surface area contributed by atoms with Gasteiger partial charge in [0, 0.05) is 0 Å². The molecule has 3 rings (SSSR count). The first-order valence-electron chi connectivity index (χ1n) is 15.0. The lowest BCUT2D eigenvalue weighted by atomic mass is 9.92. The van der Waals surface area contributed by atoms with Crippen LogP contribution in [0.5, 0.6) is 5.75 Å². The van der Waals surface area contributed by atoms with Crippen LogP contribution in [0.3, 0.4) is 0 Å². The average molecular weight is 603 g/mol. The lowest BCUT2D eigenvalue weighted by Crippen LogP contribution is -2.48. The van der Waals surface area contributed by atoms with Crippen molar-refractivity contribution in [2.75, 3.05) is 12.5 Å². The Balaban J connectivity index is 0.000000353. The van der Waals surface area contributed by atoms with Crippen molar-refractivity contribution in [2.24, 2.45) is 11.8 Å². The number of ether oxygens (including phenoxy) is 1. The topological polar surface area (TPSA) is 112 Å². The minimum absolute atomic E-state index is 0.0122. The fourth-order valence-corrected chi connectivity index (χ4v) is 4.81. The molecule has 0 amide bonds. The van der Waals surface area contributed by atoms with Crippen molar-refractivity contribution in [2.45, 2.75) is 92.9 Å². The first-order valence-corrected chi connectivity index (χ1v) is 15.9. The molecule has 42 heavy (non-hydrogen) atoms. The normalized spacial score (nSPS) is 12.2. The van der Waals surface area contributed by atoms with Gasteiger partial charge in [-0.25, -0.2) is 4.79 Å². The van der Waals surface area contributed by atoms with E-state index in [4.69, 9.17) is 9.84 Å². The van der Waals surface area contributed by atoms with E-state index in [1.807, 2.05) is 0 Å². The lowest BCUT2D eigenvalue weighted by molar-refractivity contribution is -0.274. The second kappa shape index (κ2) is 20.0. The Kier molecular flexibility index (Phi) is 17.7. The fourth-order valence-electron chi connectivity index (χ4n) is 4.19. The molecule has 0 fully saturated rings. The maximum Gasteiger partial charge on any atom is 0.335 e. The third kappa shape index (κ3) is 14.3. The smallest absolute Gasteiger partial charge is 0.335 e. The Hall–Kier alpha value is -2.98. The van der Waals surface area contributed by atoms with E-state index in [0.717, 1.165) is 11.8 Å². The van der Waals surface area contributed by atoms with E-state index in [1.54, 1.807) is 6.92 Å². The lowest BCUT2D eigenvalue weighted by Gasteiger charge is -2.20. The number of hydrogen-bond acceptors (Lipinski definition) is 7. The van der Waals surface area contributed by atoms with Gasteiger partial charge < -0.3 is 9.84 Å². The van der Waals surface area contributed by atoms with Crippen molar-refractivity contribution in [3.63, 3.8) is 0 Å². The van der Waals surface area contributed by atoms with E-state index < -0.39 is 10.9 Å². The molecule has 0 saturated carbocycles. The molecule has 0 radical (unpaired) electrons. The van der Waals surface area contributed by atoms with E-state index in [0.29, 0.717) is 5.01 Å². The van der Waals surface area contributed by atoms with Crippen molar-refractivity contribution in [3.05, 3.63) is 70.0 Å². The standard InChI is InChI=1S/C12H13N3O5S.C11H24.C10H14/c1-7-13-11(6-21-7)15(18,19)14-9-4-3-8(12(16)17)5-10(9)20-2;1-5-7-8-11(4)9-10(3)6-2;1-2-3-7-10-8-5-4-6-9-10/h3-6,14,18-19H,1-2H3;10-11H,5-9H2,1-4H3;4-6,8-9H,2-3,7H2,1H3/p+1. The van der Waals surface area contributed by atoms with Gasteiger partial charge in [-0.15, -0.1) is 21.8 Å². The van der Waals surface area contributed by atoms with Gasteiger partial charge in [-0.2, -0.15) is 10.4 Å². The van der Waals surface area contributed by atoms with Gasteiger partial charge in [-0.05, 0) is 61.8 Å². The van der Waals surface area contributed by atoms with E-state index in [9.17, 15) is 15.2 Å². The maximum absolute atomic E-state index is 10.9. The van der Waals surface area contributed by atoms with E-state index in [-0.39, 0.29) is 22.8 Å². The number of hydrogen-bond donors (Lipinski definition) is 4. The highest BCUT2D eigenvalue weighted by Gasteiger charge is 2.32. The molecule has 1 heterocycles. The fraction of sp³-hybridized carbons (Fsp3) is 0.515. The first-order chi connectivity index (χ1) is 20.0. The molecular weight excluding hydrogens is 550 g/mol. The Bertz CT molecular complexity index is 1150. The van der Waals surface area contributed by atoms with Crippen LogP contribution in [-0.4, -0.2) is 33.6 Å². The number of thiazole rings is 1. The number of quaternary nitrogens is 1. The zero-order valence-corrected chi connectivity index (χ0v) is 27.3. The first kappa shape index (κ1) is 37.0. The van der Waals surface area contributed by atoms with Gasteiger partial charge in [-0.3, -0.25) is 0 Å². The zero-order valence-electron chi connectivity index (χ0n) is 26.5. The van der Waals surface area contributed by atoms with Crippen molar-refractivity contribution >= 4 is 28.8 Å². The average Bonchev–Trinajstić information content (AvgIpc) is 3.43. The predicted octanol–water partition coefficient (Wildman–Crippen LogP) is 9.55. The number of rotatable bonds is 14. The number of aryl methyl sites for hydroxylation is 2. The highest BCUT2D eigenvalue weighted by Crippen LogP contribution is 2.29. The minimum atomic E-state index is -1.67. The number of benzene rings is 2. The van der Waals surface area contributed by atoms with Gasteiger partial charge in [0.05, 0.1) is 23.1 Å². The number of anilines is 1. The van der Waals surface area contributed by atoms with Gasteiger partial charge in [0.2, 0.25) is 0 Å². The van der Waals surface area contributed by atoms with Crippen LogP contribution in [0.2, 0.25) is 0 Å². The summed E-state index contributed by atoms with van der Waals surface area (Å²) in [4.78, 5) is 13.2. The minimum Gasteiger partial charge on any atom is -0.494 e. The van der Waals surface area contributed by atoms with E-state index >= 15 is 0 Å². The van der Waals surface area contributed by atoms with Crippen LogP contribution in [0.1, 0.15) is 100 Å². The Labute approximate surface area is 256 Å². The summed E-state index contributed by atoms with van der Waals surface area (Å²) >= 11 is 1.26. The number of nitrogens with one attached hydrogen (secondary N) is 1. The number of carboxylic acid groups (broad SMARTS) is 1. The van der Waals surface area contributed by atoms with Crippen molar-refractivity contribution in [1.82, 2.24) is 9.90 Å². The molecular formula is C33H52N3O5S+. The largest absolute Gasteiger partial charge is 0.494 e. The molecule has 0 bridgehead atoms. The van der Waals surface area contributed by atoms with Crippen LogP contribution < -0.4 is 15.1 Å². The molecule has 0 aliphatic carbocycles. The molecule has 3 aromatic rings. The van der Waals surface area contributed by atoms with Gasteiger partial charge in [0.25, 0.3) is 0 Å². The molecule has 234 valence electrons.